The molecule has 1 fully saturated rings. The number of hydrazine groups is 1. The number of unbranched alkanes of at least 4 members (excludes halogenated alkanes) is 2. The fourth-order valence-electron chi connectivity index (χ4n) is 10.7. The Morgan fingerprint density at radius 2 is 1.37 bits per heavy atom. The zero-order valence-electron chi connectivity index (χ0n) is 48.2. The summed E-state index contributed by atoms with van der Waals surface area (Å²) in [6.45, 7) is 14.7. The van der Waals surface area contributed by atoms with Crippen molar-refractivity contribution in [3.63, 3.8) is 0 Å². The summed E-state index contributed by atoms with van der Waals surface area (Å²) in [5, 5.41) is 6.33. The van der Waals surface area contributed by atoms with Crippen molar-refractivity contribution >= 4 is 53.3 Å². The maximum Gasteiger partial charge on any atom is 0.253 e. The average molecular weight is 1080 g/mol. The molecule has 0 aromatic heterocycles. The van der Waals surface area contributed by atoms with Gasteiger partial charge in [0.1, 0.15) is 6.04 Å². The van der Waals surface area contributed by atoms with E-state index in [2.05, 4.69) is 21.5 Å². The first kappa shape index (κ1) is 64.3. The van der Waals surface area contributed by atoms with Crippen molar-refractivity contribution in [3.05, 3.63) is 90.0 Å². The quantitative estimate of drug-likeness (QED) is 0.0387. The predicted molar refractivity (Wildman–Crippen MR) is 302 cm³/mol. The fourth-order valence-corrected chi connectivity index (χ4v) is 10.7. The van der Waals surface area contributed by atoms with E-state index in [1.165, 1.54) is 12.2 Å². The number of ether oxygens (including phenoxy) is 2. The first-order chi connectivity index (χ1) is 37.2. The molecule has 4 N–H and O–H groups in total. The molecule has 0 aliphatic carbocycles. The van der Waals surface area contributed by atoms with E-state index in [0.29, 0.717) is 64.6 Å². The summed E-state index contributed by atoms with van der Waals surface area (Å²) in [5.41, 5.74) is 6.99. The first-order valence-corrected chi connectivity index (χ1v) is 28.0. The highest BCUT2D eigenvalue weighted by Crippen LogP contribution is 2.30. The van der Waals surface area contributed by atoms with Crippen molar-refractivity contribution in [3.8, 4) is 0 Å². The molecule has 2 aliphatic heterocycles. The molecular weight excluding hydrogens is 993 g/mol. The summed E-state index contributed by atoms with van der Waals surface area (Å²) >= 11 is 0. The Bertz CT molecular complexity index is 2310. The summed E-state index contributed by atoms with van der Waals surface area (Å²) in [5.74, 6) is -3.53. The van der Waals surface area contributed by atoms with Crippen LogP contribution in [0.5, 0.6) is 0 Å². The number of hydrogen-bond acceptors (Lipinski definition) is 11. The number of nitrogens with one attached hydrogen (secondary N) is 4. The molecule has 0 spiro atoms. The molecule has 2 aromatic carbocycles. The predicted octanol–water partition coefficient (Wildman–Crippen LogP) is 5.86. The standard InChI is InChI=1S/C60H90N8O10/c1-12-42(6)56(48(77-10)39-53(73)67-37-22-28-47(67)57(78-11)43(7)58(74)61-46(38-45-26-18-14-19-27-45)32-31-44-24-16-13-17-25-44)66(9)60(76)54(40(2)3)62-59(75)55(41(4)5)65(8)35-23-30-50(70)64-63-49(69)29-20-15-21-36-68-51(71)33-34-52(68)72/h13-14,16-19,24-27,31-34,40-43,46-48,54-57H,12,15,20-23,28-30,35-39H2,1-11H3,(H,61,74)(H,62,75)(H,63,69)(H,64,70)/t42-,43+,46+,47-,48+,54-,55-,56-,57+/m0/s1. The van der Waals surface area contributed by atoms with Gasteiger partial charge in [-0.15, -0.1) is 0 Å². The second-order valence-corrected chi connectivity index (χ2v) is 21.7. The van der Waals surface area contributed by atoms with Gasteiger partial charge in [-0.25, -0.2) is 0 Å². The largest absolute Gasteiger partial charge is 0.379 e. The lowest BCUT2D eigenvalue weighted by Crippen LogP contribution is -2.60. The lowest BCUT2D eigenvalue weighted by molar-refractivity contribution is -0.148. The number of carbonyl (C=O) groups is 8. The van der Waals surface area contributed by atoms with Crippen LogP contribution in [0, 0.1) is 23.7 Å². The van der Waals surface area contributed by atoms with Crippen LogP contribution in [0.4, 0.5) is 0 Å². The Hall–Kier alpha value is -6.24. The van der Waals surface area contributed by atoms with Gasteiger partial charge in [-0.2, -0.15) is 0 Å². The Morgan fingerprint density at radius 3 is 1.95 bits per heavy atom. The van der Waals surface area contributed by atoms with Gasteiger partial charge in [0, 0.05) is 59.4 Å². The van der Waals surface area contributed by atoms with E-state index in [0.717, 1.165) is 22.4 Å². The van der Waals surface area contributed by atoms with E-state index in [1.807, 2.05) is 131 Å². The molecule has 18 nitrogen and oxygen atoms in total. The number of rotatable bonds is 32. The van der Waals surface area contributed by atoms with Crippen molar-refractivity contribution in [2.75, 3.05) is 47.9 Å². The van der Waals surface area contributed by atoms with Crippen LogP contribution < -0.4 is 21.5 Å². The maximum atomic E-state index is 14.7. The third kappa shape index (κ3) is 19.3. The summed E-state index contributed by atoms with van der Waals surface area (Å²) in [6.07, 6.45) is 10.2. The minimum atomic E-state index is -0.902. The molecule has 1 saturated heterocycles. The van der Waals surface area contributed by atoms with E-state index >= 15 is 0 Å². The molecule has 9 atom stereocenters. The van der Waals surface area contributed by atoms with Gasteiger partial charge in [0.25, 0.3) is 11.8 Å². The van der Waals surface area contributed by atoms with Crippen LogP contribution in [0.15, 0.2) is 78.9 Å². The summed E-state index contributed by atoms with van der Waals surface area (Å²) in [7, 11) is 6.65. The molecular formula is C60H90N8O10. The molecule has 78 heavy (non-hydrogen) atoms. The molecule has 18 heteroatoms. The van der Waals surface area contributed by atoms with Crippen LogP contribution in [0.25, 0.3) is 6.08 Å². The molecule has 430 valence electrons. The second-order valence-electron chi connectivity index (χ2n) is 21.7. The van der Waals surface area contributed by atoms with Crippen LogP contribution in [-0.4, -0.2) is 157 Å². The average Bonchev–Trinajstić information content (AvgIpc) is 4.03. The first-order valence-electron chi connectivity index (χ1n) is 28.0. The van der Waals surface area contributed by atoms with E-state index in [1.54, 1.807) is 33.2 Å². The molecule has 0 bridgehead atoms. The van der Waals surface area contributed by atoms with Gasteiger partial charge >= 0.3 is 0 Å². The Balaban J connectivity index is 1.34. The van der Waals surface area contributed by atoms with Gasteiger partial charge in [0.05, 0.1) is 48.7 Å². The molecule has 0 radical (unpaired) electrons. The number of carbonyl (C=O) groups excluding carboxylic acids is 8. The smallest absolute Gasteiger partial charge is 0.253 e. The molecule has 2 aromatic rings. The molecule has 0 saturated carbocycles. The second kappa shape index (κ2) is 32.6. The van der Waals surface area contributed by atoms with E-state index in [4.69, 9.17) is 9.47 Å². The summed E-state index contributed by atoms with van der Waals surface area (Å²) < 4.78 is 12.2. The monoisotopic (exact) mass is 1080 g/mol. The lowest BCUT2D eigenvalue weighted by atomic mass is 9.89. The van der Waals surface area contributed by atoms with Gasteiger partial charge in [-0.1, -0.05) is 134 Å². The van der Waals surface area contributed by atoms with Crippen molar-refractivity contribution in [2.45, 2.75) is 162 Å². The Labute approximate surface area is 463 Å². The van der Waals surface area contributed by atoms with Crippen LogP contribution >= 0.6 is 0 Å². The molecule has 8 amide bonds. The zero-order chi connectivity index (χ0) is 57.5. The Morgan fingerprint density at radius 1 is 0.756 bits per heavy atom. The van der Waals surface area contributed by atoms with Gasteiger partial charge in [-0.3, -0.25) is 59.0 Å². The van der Waals surface area contributed by atoms with Crippen molar-refractivity contribution in [1.82, 2.24) is 41.1 Å². The van der Waals surface area contributed by atoms with Crippen LogP contribution in [0.2, 0.25) is 0 Å². The van der Waals surface area contributed by atoms with E-state index in [-0.39, 0.29) is 96.4 Å². The van der Waals surface area contributed by atoms with Crippen molar-refractivity contribution in [1.29, 1.82) is 0 Å². The third-order valence-electron chi connectivity index (χ3n) is 15.3. The highest BCUT2D eigenvalue weighted by atomic mass is 16.5. The molecule has 0 unspecified atom stereocenters. The fraction of sp³-hybridized carbons (Fsp3) is 0.600. The van der Waals surface area contributed by atoms with Crippen molar-refractivity contribution < 1.29 is 47.8 Å². The highest BCUT2D eigenvalue weighted by molar-refractivity contribution is 6.12. The van der Waals surface area contributed by atoms with Gasteiger partial charge in [0.15, 0.2) is 0 Å². The molecule has 2 heterocycles. The normalized spacial score (nSPS) is 17.7. The SMILES string of the molecule is CC[C@H](C)[C@@H]([C@@H](CC(=O)N1CCC[C@H]1[C@H](OC)[C@@H](C)C(=O)N[C@H](C=Cc1ccccc1)Cc1ccccc1)OC)N(C)C(=O)[C@@H](NC(=O)[C@H](C(C)C)N(C)CCCC(=O)NNC(=O)CCCCCN1C(=O)C=CC1=O)C(C)C. The number of nitrogens with zero attached hydrogens (tertiary/aromatic N) is 4. The van der Waals surface area contributed by atoms with Crippen LogP contribution in [0.1, 0.15) is 124 Å². The van der Waals surface area contributed by atoms with Crippen LogP contribution in [0.3, 0.4) is 0 Å². The number of amides is 8. The number of imide groups is 1. The summed E-state index contributed by atoms with van der Waals surface area (Å²) in [4.78, 5) is 113. The minimum absolute atomic E-state index is 0.0174. The lowest BCUT2D eigenvalue weighted by Gasteiger charge is -2.41. The Kier molecular flexibility index (Phi) is 26.9. The van der Waals surface area contributed by atoms with Gasteiger partial charge < -0.3 is 29.9 Å². The number of likely N-dealkylation sites (N-methyl/N-ethyl adjacent to an activating group) is 2. The van der Waals surface area contributed by atoms with E-state index < -0.39 is 36.3 Å². The zero-order valence-corrected chi connectivity index (χ0v) is 48.2. The van der Waals surface area contributed by atoms with E-state index in [9.17, 15) is 38.4 Å². The topological polar surface area (TPSA) is 216 Å². The third-order valence-corrected chi connectivity index (χ3v) is 15.3. The minimum Gasteiger partial charge on any atom is -0.379 e. The number of likely N-dealkylation sites (tertiary alicyclic amines) is 1. The van der Waals surface area contributed by atoms with Gasteiger partial charge in [0.2, 0.25) is 35.4 Å². The van der Waals surface area contributed by atoms with Crippen molar-refractivity contribution in [2.24, 2.45) is 23.7 Å². The number of hydrogen-bond donors (Lipinski definition) is 4. The summed E-state index contributed by atoms with van der Waals surface area (Å²) in [6, 6.07) is 17.2. The van der Waals surface area contributed by atoms with Crippen LogP contribution in [-0.2, 0) is 54.3 Å². The maximum absolute atomic E-state index is 14.7. The highest BCUT2D eigenvalue weighted by Gasteiger charge is 2.43. The van der Waals surface area contributed by atoms with Gasteiger partial charge in [-0.05, 0) is 81.0 Å². The molecule has 2 aliphatic rings. The number of benzene rings is 2. The molecule has 4 rings (SSSR count). The number of methoxy groups -OCH3 is 2.